The number of piperidine rings is 1. The minimum atomic E-state index is -0.0686. The number of carbonyl (C=O) groups excluding carboxylic acids is 1. The Morgan fingerprint density at radius 2 is 2.00 bits per heavy atom. The van der Waals surface area contributed by atoms with Gasteiger partial charge >= 0.3 is 0 Å². The van der Waals surface area contributed by atoms with Crippen molar-refractivity contribution in [3.05, 3.63) is 66.0 Å². The van der Waals surface area contributed by atoms with Crippen LogP contribution in [0.5, 0.6) is 0 Å². The number of aromatic nitrogens is 4. The molecule has 5 rings (SSSR count). The Hall–Kier alpha value is -3.02. The van der Waals surface area contributed by atoms with E-state index in [2.05, 4.69) is 9.97 Å². The van der Waals surface area contributed by atoms with Gasteiger partial charge in [-0.05, 0) is 31.2 Å². The van der Waals surface area contributed by atoms with E-state index in [0.29, 0.717) is 12.4 Å². The Morgan fingerprint density at radius 1 is 1.14 bits per heavy atom. The van der Waals surface area contributed by atoms with Gasteiger partial charge in [0.05, 0.1) is 5.69 Å². The molecular weight excluding hydrogens is 350 g/mol. The minimum absolute atomic E-state index is 0.0114. The van der Waals surface area contributed by atoms with Gasteiger partial charge < -0.3 is 9.47 Å². The highest BCUT2D eigenvalue weighted by atomic mass is 16.2. The summed E-state index contributed by atoms with van der Waals surface area (Å²) >= 11 is 0. The maximum atomic E-state index is 13.0. The zero-order valence-electron chi connectivity index (χ0n) is 16.0. The van der Waals surface area contributed by atoms with Crippen molar-refractivity contribution < 1.29 is 4.79 Å². The van der Waals surface area contributed by atoms with Crippen LogP contribution in [-0.4, -0.2) is 43.4 Å². The van der Waals surface area contributed by atoms with Crippen molar-refractivity contribution in [2.45, 2.75) is 31.1 Å². The molecule has 1 unspecified atom stereocenters. The van der Waals surface area contributed by atoms with Crippen molar-refractivity contribution in [2.75, 3.05) is 13.1 Å². The molecule has 28 heavy (non-hydrogen) atoms. The molecule has 6 heteroatoms. The van der Waals surface area contributed by atoms with Crippen molar-refractivity contribution in [3.8, 4) is 11.4 Å². The maximum absolute atomic E-state index is 13.0. The molecule has 3 aromatic rings. The highest BCUT2D eigenvalue weighted by molar-refractivity contribution is 5.91. The fourth-order valence-corrected chi connectivity index (χ4v) is 4.68. The standard InChI is InChI=1S/C22H23N5O/c1-26-13-11-23-20(26)21(28)27-12-5-9-22(15-27)10-8-17-14-24-19(25-18(17)22)16-6-3-2-4-7-16/h2-4,6-7,11,13-14H,5,8-10,12,15H2,1H3. The van der Waals surface area contributed by atoms with Crippen LogP contribution in [-0.2, 0) is 18.9 Å². The Morgan fingerprint density at radius 3 is 2.79 bits per heavy atom. The molecule has 6 nitrogen and oxygen atoms in total. The van der Waals surface area contributed by atoms with Gasteiger partial charge in [-0.3, -0.25) is 4.79 Å². The Kier molecular flexibility index (Phi) is 4.00. The molecule has 1 fully saturated rings. The zero-order valence-corrected chi connectivity index (χ0v) is 16.0. The summed E-state index contributed by atoms with van der Waals surface area (Å²) in [6, 6.07) is 10.1. The summed E-state index contributed by atoms with van der Waals surface area (Å²) in [5.41, 5.74) is 3.33. The third-order valence-corrected chi connectivity index (χ3v) is 6.15. The van der Waals surface area contributed by atoms with Gasteiger partial charge in [0.1, 0.15) is 0 Å². The van der Waals surface area contributed by atoms with E-state index >= 15 is 0 Å². The fourth-order valence-electron chi connectivity index (χ4n) is 4.68. The van der Waals surface area contributed by atoms with Crippen LogP contribution in [0.25, 0.3) is 11.4 Å². The largest absolute Gasteiger partial charge is 0.335 e. The topological polar surface area (TPSA) is 63.9 Å². The number of likely N-dealkylation sites (tertiary alicyclic amines) is 1. The molecule has 2 aromatic heterocycles. The lowest BCUT2D eigenvalue weighted by Crippen LogP contribution is -2.48. The number of benzene rings is 1. The summed E-state index contributed by atoms with van der Waals surface area (Å²) in [5.74, 6) is 1.29. The molecule has 0 radical (unpaired) electrons. The molecule has 1 atom stereocenters. The van der Waals surface area contributed by atoms with E-state index in [9.17, 15) is 4.79 Å². The lowest BCUT2D eigenvalue weighted by molar-refractivity contribution is 0.0617. The average Bonchev–Trinajstić information content (AvgIpc) is 3.32. The summed E-state index contributed by atoms with van der Waals surface area (Å²) in [7, 11) is 1.87. The van der Waals surface area contributed by atoms with Gasteiger partial charge in [0.15, 0.2) is 11.6 Å². The van der Waals surface area contributed by atoms with E-state index in [0.717, 1.165) is 49.3 Å². The minimum Gasteiger partial charge on any atom is -0.335 e. The molecular formula is C22H23N5O. The number of hydrogen-bond donors (Lipinski definition) is 0. The van der Waals surface area contributed by atoms with E-state index in [1.807, 2.05) is 54.7 Å². The van der Waals surface area contributed by atoms with Crippen molar-refractivity contribution in [3.63, 3.8) is 0 Å². The number of nitrogens with zero attached hydrogens (tertiary/aromatic N) is 5. The van der Waals surface area contributed by atoms with Gasteiger partial charge in [0.25, 0.3) is 5.91 Å². The second kappa shape index (κ2) is 6.55. The van der Waals surface area contributed by atoms with E-state index in [1.54, 1.807) is 10.8 Å². The fraction of sp³-hybridized carbons (Fsp3) is 0.364. The van der Waals surface area contributed by atoms with Crippen LogP contribution in [0.3, 0.4) is 0 Å². The molecule has 0 bridgehead atoms. The molecule has 2 aliphatic rings. The van der Waals surface area contributed by atoms with Gasteiger partial charge in [-0.25, -0.2) is 15.0 Å². The SMILES string of the molecule is Cn1ccnc1C(=O)N1CCCC2(CCc3cnc(-c4ccccc4)nc32)C1. The summed E-state index contributed by atoms with van der Waals surface area (Å²) in [6.07, 6.45) is 9.54. The van der Waals surface area contributed by atoms with E-state index in [4.69, 9.17) is 4.98 Å². The number of amides is 1. The van der Waals surface area contributed by atoms with Gasteiger partial charge in [-0.1, -0.05) is 30.3 Å². The first-order chi connectivity index (χ1) is 13.7. The second-order valence-electron chi connectivity index (χ2n) is 7.91. The summed E-state index contributed by atoms with van der Waals surface area (Å²) < 4.78 is 1.79. The van der Waals surface area contributed by atoms with Crippen LogP contribution in [0.15, 0.2) is 48.9 Å². The zero-order chi connectivity index (χ0) is 19.1. The van der Waals surface area contributed by atoms with Crippen LogP contribution in [0, 0.1) is 0 Å². The first-order valence-electron chi connectivity index (χ1n) is 9.85. The van der Waals surface area contributed by atoms with Crippen molar-refractivity contribution in [2.24, 2.45) is 7.05 Å². The average molecular weight is 373 g/mol. The number of aryl methyl sites for hydroxylation is 2. The molecule has 0 saturated carbocycles. The van der Waals surface area contributed by atoms with Gasteiger partial charge in [0, 0.05) is 49.7 Å². The molecule has 1 aliphatic carbocycles. The maximum Gasteiger partial charge on any atom is 0.289 e. The molecule has 1 aliphatic heterocycles. The number of rotatable bonds is 2. The number of hydrogen-bond acceptors (Lipinski definition) is 4. The predicted octanol–water partition coefficient (Wildman–Crippen LogP) is 3.00. The molecule has 1 spiro atoms. The first-order valence-corrected chi connectivity index (χ1v) is 9.85. The smallest absolute Gasteiger partial charge is 0.289 e. The third-order valence-electron chi connectivity index (χ3n) is 6.15. The molecule has 142 valence electrons. The van der Waals surface area contributed by atoms with E-state index in [1.165, 1.54) is 5.56 Å². The molecule has 3 heterocycles. The monoisotopic (exact) mass is 373 g/mol. The van der Waals surface area contributed by atoms with Crippen LogP contribution in [0.4, 0.5) is 0 Å². The number of carbonyl (C=O) groups is 1. The quantitative estimate of drug-likeness (QED) is 0.693. The van der Waals surface area contributed by atoms with E-state index < -0.39 is 0 Å². The third kappa shape index (κ3) is 2.71. The summed E-state index contributed by atoms with van der Waals surface area (Å²) in [5, 5.41) is 0. The lowest BCUT2D eigenvalue weighted by atomic mass is 9.77. The number of fused-ring (bicyclic) bond motifs is 2. The molecule has 1 aromatic carbocycles. The molecule has 1 amide bonds. The lowest BCUT2D eigenvalue weighted by Gasteiger charge is -2.40. The predicted molar refractivity (Wildman–Crippen MR) is 106 cm³/mol. The Bertz CT molecular complexity index is 1020. The highest BCUT2D eigenvalue weighted by Crippen LogP contribution is 2.44. The Balaban J connectivity index is 1.49. The number of imidazole rings is 1. The highest BCUT2D eigenvalue weighted by Gasteiger charge is 2.45. The summed E-state index contributed by atoms with van der Waals surface area (Å²) in [4.78, 5) is 28.9. The van der Waals surface area contributed by atoms with Gasteiger partial charge in [-0.2, -0.15) is 0 Å². The van der Waals surface area contributed by atoms with Gasteiger partial charge in [-0.15, -0.1) is 0 Å². The molecule has 0 N–H and O–H groups in total. The van der Waals surface area contributed by atoms with Crippen LogP contribution in [0.1, 0.15) is 41.1 Å². The van der Waals surface area contributed by atoms with Crippen molar-refractivity contribution in [1.82, 2.24) is 24.4 Å². The summed E-state index contributed by atoms with van der Waals surface area (Å²) in [6.45, 7) is 1.48. The van der Waals surface area contributed by atoms with Crippen molar-refractivity contribution in [1.29, 1.82) is 0 Å². The van der Waals surface area contributed by atoms with Gasteiger partial charge in [0.2, 0.25) is 0 Å². The second-order valence-corrected chi connectivity index (χ2v) is 7.91. The van der Waals surface area contributed by atoms with E-state index in [-0.39, 0.29) is 11.3 Å². The normalized spacial score (nSPS) is 21.1. The van der Waals surface area contributed by atoms with Crippen LogP contribution < -0.4 is 0 Å². The van der Waals surface area contributed by atoms with Crippen LogP contribution >= 0.6 is 0 Å². The van der Waals surface area contributed by atoms with Crippen molar-refractivity contribution >= 4 is 5.91 Å². The Labute approximate surface area is 164 Å². The van der Waals surface area contributed by atoms with Crippen LogP contribution in [0.2, 0.25) is 0 Å². The first kappa shape index (κ1) is 17.1. The molecule has 1 saturated heterocycles.